The number of benzene rings is 1. The molecule has 12 amide bonds. The van der Waals surface area contributed by atoms with E-state index in [2.05, 4.69) is 73.4 Å². The molecule has 0 bridgehead atoms. The number of carboxylic acid groups (broad SMARTS) is 2. The number of aromatic amines is 1. The monoisotopic (exact) mass is 1480 g/mol. The van der Waals surface area contributed by atoms with Crippen molar-refractivity contribution in [2.45, 2.75) is 224 Å². The van der Waals surface area contributed by atoms with Gasteiger partial charge in [0.1, 0.15) is 71.5 Å². The van der Waals surface area contributed by atoms with Crippen molar-refractivity contribution in [3.8, 4) is 0 Å². The second kappa shape index (κ2) is 44.1. The number of thioether (sulfide) groups is 1. The van der Waals surface area contributed by atoms with Crippen molar-refractivity contribution in [2.75, 3.05) is 18.8 Å². The van der Waals surface area contributed by atoms with E-state index in [9.17, 15) is 77.3 Å². The van der Waals surface area contributed by atoms with Crippen LogP contribution < -0.4 is 85.9 Å². The van der Waals surface area contributed by atoms with Crippen molar-refractivity contribution in [1.29, 1.82) is 0 Å². The number of carbonyl (C=O) groups is 14. The van der Waals surface area contributed by atoms with Crippen molar-refractivity contribution in [1.82, 2.24) is 68.5 Å². The van der Waals surface area contributed by atoms with Crippen LogP contribution in [0, 0.1) is 23.7 Å². The summed E-state index contributed by atoms with van der Waals surface area (Å²) in [5.41, 5.74) is 18.8. The van der Waals surface area contributed by atoms with Gasteiger partial charge in [0.05, 0.1) is 12.7 Å². The van der Waals surface area contributed by atoms with Gasteiger partial charge in [0.2, 0.25) is 65.0 Å². The molecule has 0 spiro atoms. The van der Waals surface area contributed by atoms with E-state index in [0.29, 0.717) is 5.56 Å². The first-order chi connectivity index (χ1) is 47.4. The molecule has 2 aliphatic heterocycles. The smallest absolute Gasteiger partial charge is 0.266 e. The summed E-state index contributed by atoms with van der Waals surface area (Å²) in [5, 5.41) is 52.1. The number of hydrogen-bond acceptors (Lipinski definition) is 21. The molecule has 101 heavy (non-hydrogen) atoms. The quantitative estimate of drug-likeness (QED) is 0.0317. The Morgan fingerprint density at radius 3 is 1.84 bits per heavy atom. The van der Waals surface area contributed by atoms with Gasteiger partial charge in [-0.15, -0.1) is 11.8 Å². The van der Waals surface area contributed by atoms with Crippen LogP contribution in [0.5, 0.6) is 0 Å². The summed E-state index contributed by atoms with van der Waals surface area (Å²) in [7, 11) is 0. The molecular formula is C66H101N17O16SZn-2. The molecule has 0 radical (unpaired) electrons. The van der Waals surface area contributed by atoms with Crippen LogP contribution in [0.4, 0.5) is 0 Å². The Labute approximate surface area is 605 Å². The molecule has 7 unspecified atom stereocenters. The summed E-state index contributed by atoms with van der Waals surface area (Å²) in [5.74, 6) is -16.3. The zero-order valence-electron chi connectivity index (χ0n) is 58.8. The van der Waals surface area contributed by atoms with Crippen molar-refractivity contribution in [3.63, 3.8) is 0 Å². The number of imidazole rings is 1. The normalized spacial score (nSPS) is 22.9. The van der Waals surface area contributed by atoms with Crippen molar-refractivity contribution in [2.24, 2.45) is 45.9 Å². The Hall–Kier alpha value is -8.43. The molecule has 2 aromatic rings. The number of hydrogen-bond donors (Lipinski definition) is 15. The van der Waals surface area contributed by atoms with E-state index >= 15 is 0 Å². The number of nitrogens with zero attached hydrogens (tertiary/aromatic N) is 2. The number of aliphatic imine (C=N–C) groups is 1. The second-order valence-corrected chi connectivity index (χ2v) is 27.0. The van der Waals surface area contributed by atoms with Crippen LogP contribution in [0.3, 0.4) is 0 Å². The van der Waals surface area contributed by atoms with E-state index in [-0.39, 0.29) is 132 Å². The number of primary amides is 1. The average molecular weight is 1490 g/mol. The Morgan fingerprint density at radius 1 is 0.663 bits per heavy atom. The van der Waals surface area contributed by atoms with Crippen LogP contribution in [0.25, 0.3) is 0 Å². The Morgan fingerprint density at radius 2 is 1.26 bits per heavy atom. The van der Waals surface area contributed by atoms with Gasteiger partial charge in [0.25, 0.3) is 5.91 Å². The molecule has 1 aromatic heterocycles. The predicted molar refractivity (Wildman–Crippen MR) is 364 cm³/mol. The van der Waals surface area contributed by atoms with Gasteiger partial charge >= 0.3 is 0 Å². The topological polar surface area (TPSA) is 537 Å². The molecule has 0 saturated carbocycles. The Balaban J connectivity index is 0.0000265. The van der Waals surface area contributed by atoms with Crippen molar-refractivity contribution < 1.29 is 96.8 Å². The summed E-state index contributed by atoms with van der Waals surface area (Å²) in [6.07, 6.45) is -0.0841. The predicted octanol–water partition coefficient (Wildman–Crippen LogP) is -4.35. The molecule has 4 rings (SSSR count). The summed E-state index contributed by atoms with van der Waals surface area (Å²) in [4.78, 5) is 206. The first-order valence-corrected chi connectivity index (χ1v) is 35.1. The SMILES string of the molecule is CCC(C)C(N)C1N=C(C(=O)N[C@@H](CC(C)C)C(=O)N[C@H](CCC(=O)[O-])C(=O)N[C@H](C(=O)N[C@H]2CCCCNC(=O)C(CC(N)=O)NC(=O)C(CC(=O)[O-])NC(=O)[C@H](Cc3cnc[nH]3)NC(=O)C(Cc3ccccc3)NC(=O)[C@H]([C@@H](C)CC)NC(=O)C(CCCN)NC2=O)[C@@H](C)CC)CS1.[Zn]. The maximum atomic E-state index is 14.9. The standard InChI is InChI=1S/C66H103N17O16S.Zn/c1-9-35(6)52(69)66-81-48(32-100-66)63(97)76-43(26-34(4)5)59(93)74-42(22-23-50(85)86)58(92)83-53(36(7)10-2)64(98)75-40-20-15-16-25-71-55(89)46(29-49(68)84)78-62(96)47(30-51(87)88)79-61(95)45(28-39-31-70-33-72-39)77-60(94)44(27-38-18-13-12-14-19-38)80-65(99)54(37(8)11-3)82-57(91)41(21-17-24-67)73-56(40)90;/h12-14,18-19,31,33-37,40-47,52-54,66H,9-11,15-17,20-30,32,67,69H2,1-8H3,(H2,68,84)(H,70,72)(H,71,89)(H,73,90)(H,74,93)(H,75,98)(H,76,97)(H,77,94)(H,78,96)(H,79,95)(H,80,99)(H,82,91)(H,83,92)(H,85,86)(H,87,88);/p-2/t35?,36-,37-,40-,41?,42+,43-,44?,45-,46?,47?,52?,53-,54-,66?;/m0./s1. The number of H-pyrrole nitrogens is 1. The second-order valence-electron chi connectivity index (χ2n) is 25.9. The maximum Gasteiger partial charge on any atom is 0.266 e. The van der Waals surface area contributed by atoms with Crippen LogP contribution in [0.2, 0.25) is 0 Å². The molecule has 1 saturated heterocycles. The summed E-state index contributed by atoms with van der Waals surface area (Å²) in [6, 6.07) is -7.70. The number of nitrogens with one attached hydrogen (secondary N) is 12. The maximum absolute atomic E-state index is 14.9. The minimum absolute atomic E-state index is 0. The van der Waals surface area contributed by atoms with Gasteiger partial charge < -0.3 is 100 Å². The van der Waals surface area contributed by atoms with Crippen molar-refractivity contribution in [3.05, 3.63) is 54.1 Å². The number of carboxylic acids is 2. The number of aromatic nitrogens is 2. The van der Waals surface area contributed by atoms with Gasteiger partial charge in [-0.3, -0.25) is 62.5 Å². The van der Waals surface area contributed by atoms with E-state index in [4.69, 9.17) is 17.2 Å². The van der Waals surface area contributed by atoms with Gasteiger partial charge in [0, 0.05) is 80.9 Å². The molecule has 15 atom stereocenters. The van der Waals surface area contributed by atoms with Gasteiger partial charge in [-0.25, -0.2) is 4.98 Å². The fourth-order valence-electron chi connectivity index (χ4n) is 10.9. The molecule has 2 aliphatic rings. The first kappa shape index (κ1) is 86.8. The summed E-state index contributed by atoms with van der Waals surface area (Å²) < 4.78 is 0. The number of aliphatic carboxylic acids is 2. The molecule has 18 N–H and O–H groups in total. The molecule has 3 heterocycles. The molecule has 1 aromatic carbocycles. The van der Waals surface area contributed by atoms with Crippen molar-refractivity contribution >= 4 is 100 Å². The van der Waals surface area contributed by atoms with Gasteiger partial charge in [0.15, 0.2) is 0 Å². The van der Waals surface area contributed by atoms with Crippen LogP contribution in [0.1, 0.15) is 150 Å². The van der Waals surface area contributed by atoms with Gasteiger partial charge in [-0.05, 0) is 87.1 Å². The van der Waals surface area contributed by atoms with Gasteiger partial charge in [-0.2, -0.15) is 0 Å². The average Bonchev–Trinajstić information content (AvgIpc) is 1.83. The minimum atomic E-state index is -2.01. The third-order valence-electron chi connectivity index (χ3n) is 17.5. The third kappa shape index (κ3) is 29.2. The number of nitrogens with two attached hydrogens (primary N) is 3. The van der Waals surface area contributed by atoms with Crippen LogP contribution in [-0.4, -0.2) is 189 Å². The van der Waals surface area contributed by atoms with Crippen LogP contribution in [0.15, 0.2) is 47.8 Å². The fraction of sp³-hybridized carbons (Fsp3) is 0.636. The molecule has 0 aliphatic carbocycles. The van der Waals surface area contributed by atoms with E-state index in [1.54, 1.807) is 71.9 Å². The van der Waals surface area contributed by atoms with Crippen LogP contribution >= 0.6 is 11.8 Å². The van der Waals surface area contributed by atoms with E-state index in [1.807, 2.05) is 13.8 Å². The number of rotatable bonds is 31. The molecule has 33 nitrogen and oxygen atoms in total. The molecule has 1 fully saturated rings. The number of carbonyl (C=O) groups excluding carboxylic acids is 14. The molecular weight excluding hydrogens is 1380 g/mol. The van der Waals surface area contributed by atoms with Crippen LogP contribution in [-0.2, 0) is 99.4 Å². The zero-order valence-corrected chi connectivity index (χ0v) is 62.6. The largest absolute Gasteiger partial charge is 0.550 e. The third-order valence-corrected chi connectivity index (χ3v) is 18.7. The van der Waals surface area contributed by atoms with E-state index in [1.165, 1.54) is 24.3 Å². The van der Waals surface area contributed by atoms with E-state index < -0.39 is 186 Å². The number of amides is 12. The molecule has 35 heteroatoms. The summed E-state index contributed by atoms with van der Waals surface area (Å²) in [6.45, 7) is 14.0. The first-order valence-electron chi connectivity index (χ1n) is 34.0. The zero-order chi connectivity index (χ0) is 74.3. The Bertz CT molecular complexity index is 3170. The summed E-state index contributed by atoms with van der Waals surface area (Å²) >= 11 is 1.39. The molecule has 556 valence electrons. The van der Waals surface area contributed by atoms with E-state index in [0.717, 1.165) is 6.42 Å². The fourth-order valence-corrected chi connectivity index (χ4v) is 12.1. The Kier molecular flexibility index (Phi) is 37.9. The van der Waals surface area contributed by atoms with Gasteiger partial charge in [-0.1, -0.05) is 105 Å². The minimum Gasteiger partial charge on any atom is -0.550 e.